The molecule has 1 aromatic heterocycles. The number of amides is 1. The number of nitrogens with zero attached hydrogens (tertiary/aromatic N) is 1. The van der Waals surface area contributed by atoms with Crippen LogP contribution in [0.4, 0.5) is 0 Å². The van der Waals surface area contributed by atoms with Crippen LogP contribution in [0.2, 0.25) is 0 Å². The Morgan fingerprint density at radius 2 is 1.96 bits per heavy atom. The summed E-state index contributed by atoms with van der Waals surface area (Å²) in [6.07, 6.45) is 1.91. The first-order valence-corrected chi connectivity index (χ1v) is 8.61. The van der Waals surface area contributed by atoms with Crippen molar-refractivity contribution in [2.45, 2.75) is 39.7 Å². The second kappa shape index (κ2) is 8.64. The maximum absolute atomic E-state index is 12.3. The molecule has 0 aliphatic carbocycles. The molecule has 5 nitrogen and oxygen atoms in total. The molecule has 1 amide bonds. The summed E-state index contributed by atoms with van der Waals surface area (Å²) in [5.41, 5.74) is 0.237. The molecule has 1 N–H and O–H groups in total. The molecule has 0 aliphatic heterocycles. The molecule has 0 aliphatic rings. The van der Waals surface area contributed by atoms with Crippen LogP contribution in [0.1, 0.15) is 44.2 Å². The van der Waals surface area contributed by atoms with Gasteiger partial charge in [0, 0.05) is 12.1 Å². The Hall–Kier alpha value is -2.14. The van der Waals surface area contributed by atoms with Crippen molar-refractivity contribution in [3.05, 3.63) is 46.3 Å². The van der Waals surface area contributed by atoms with E-state index in [4.69, 9.17) is 4.42 Å². The summed E-state index contributed by atoms with van der Waals surface area (Å²) >= 11 is 0. The summed E-state index contributed by atoms with van der Waals surface area (Å²) in [6, 6.07) is 8.24. The van der Waals surface area contributed by atoms with Gasteiger partial charge in [-0.1, -0.05) is 26.0 Å². The maximum atomic E-state index is 12.3. The average molecular weight is 330 g/mol. The molecule has 0 unspecified atom stereocenters. The molecular formula is C19H26N2O3. The number of hydrogen-bond acceptors (Lipinski definition) is 4. The zero-order chi connectivity index (χ0) is 17.5. The Bertz CT molecular complexity index is 735. The second-order valence-corrected chi connectivity index (χ2v) is 6.01. The van der Waals surface area contributed by atoms with E-state index >= 15 is 0 Å². The molecule has 0 saturated heterocycles. The Morgan fingerprint density at radius 3 is 2.67 bits per heavy atom. The molecule has 5 heteroatoms. The third-order valence-corrected chi connectivity index (χ3v) is 4.24. The highest BCUT2D eigenvalue weighted by Gasteiger charge is 2.14. The summed E-state index contributed by atoms with van der Waals surface area (Å²) in [5, 5.41) is 3.40. The number of para-hydroxylation sites is 1. The van der Waals surface area contributed by atoms with Gasteiger partial charge in [-0.3, -0.25) is 9.59 Å². The van der Waals surface area contributed by atoms with Crippen LogP contribution in [0.5, 0.6) is 0 Å². The molecular weight excluding hydrogens is 304 g/mol. The summed E-state index contributed by atoms with van der Waals surface area (Å²) in [7, 11) is 0. The van der Waals surface area contributed by atoms with Crippen molar-refractivity contribution in [3.63, 3.8) is 0 Å². The Morgan fingerprint density at radius 1 is 1.25 bits per heavy atom. The summed E-state index contributed by atoms with van der Waals surface area (Å²) in [6.45, 7) is 9.38. The van der Waals surface area contributed by atoms with Gasteiger partial charge in [-0.25, -0.2) is 0 Å². The average Bonchev–Trinajstić information content (AvgIpc) is 2.58. The third-order valence-electron chi connectivity index (χ3n) is 4.24. The van der Waals surface area contributed by atoms with Gasteiger partial charge in [0.1, 0.15) is 5.58 Å². The van der Waals surface area contributed by atoms with Crippen molar-refractivity contribution < 1.29 is 9.21 Å². The number of carbonyl (C=O) groups is 1. The fraction of sp³-hybridized carbons (Fsp3) is 0.474. The van der Waals surface area contributed by atoms with Gasteiger partial charge < -0.3 is 14.6 Å². The van der Waals surface area contributed by atoms with Crippen LogP contribution in [0.25, 0.3) is 11.0 Å². The van der Waals surface area contributed by atoms with Gasteiger partial charge >= 0.3 is 0 Å². The normalized spacial score (nSPS) is 12.5. The van der Waals surface area contributed by atoms with Crippen LogP contribution in [0.3, 0.4) is 0 Å². The van der Waals surface area contributed by atoms with Gasteiger partial charge in [0.25, 0.3) is 5.91 Å². The smallest absolute Gasteiger partial charge is 0.287 e. The van der Waals surface area contributed by atoms with Gasteiger partial charge in [-0.05, 0) is 51.5 Å². The molecule has 2 aromatic rings. The quantitative estimate of drug-likeness (QED) is 0.808. The highest BCUT2D eigenvalue weighted by Crippen LogP contribution is 2.12. The lowest BCUT2D eigenvalue weighted by atomic mass is 10.1. The fourth-order valence-electron chi connectivity index (χ4n) is 2.74. The Labute approximate surface area is 142 Å². The predicted molar refractivity (Wildman–Crippen MR) is 96.4 cm³/mol. The van der Waals surface area contributed by atoms with Crippen molar-refractivity contribution in [2.24, 2.45) is 0 Å². The van der Waals surface area contributed by atoms with Crippen LogP contribution in [0.15, 0.2) is 39.5 Å². The lowest BCUT2D eigenvalue weighted by Gasteiger charge is -2.19. The number of hydrogen-bond donors (Lipinski definition) is 1. The molecule has 130 valence electrons. The van der Waals surface area contributed by atoms with Crippen LogP contribution >= 0.6 is 0 Å². The molecule has 0 spiro atoms. The molecule has 0 bridgehead atoms. The van der Waals surface area contributed by atoms with E-state index < -0.39 is 0 Å². The van der Waals surface area contributed by atoms with Crippen molar-refractivity contribution in [1.82, 2.24) is 10.2 Å². The molecule has 24 heavy (non-hydrogen) atoms. The van der Waals surface area contributed by atoms with Crippen molar-refractivity contribution in [1.29, 1.82) is 0 Å². The zero-order valence-electron chi connectivity index (χ0n) is 14.7. The number of benzene rings is 1. The first-order chi connectivity index (χ1) is 11.5. The molecule has 1 atom stereocenters. The van der Waals surface area contributed by atoms with E-state index in [2.05, 4.69) is 24.1 Å². The molecule has 1 heterocycles. The van der Waals surface area contributed by atoms with Crippen LogP contribution < -0.4 is 10.7 Å². The summed E-state index contributed by atoms with van der Waals surface area (Å²) in [4.78, 5) is 26.7. The maximum Gasteiger partial charge on any atom is 0.287 e. The number of nitrogens with one attached hydrogen (secondary N) is 1. The molecule has 0 saturated carbocycles. The summed E-state index contributed by atoms with van der Waals surface area (Å²) in [5.74, 6) is -0.275. The van der Waals surface area contributed by atoms with Crippen molar-refractivity contribution in [2.75, 3.05) is 19.6 Å². The highest BCUT2D eigenvalue weighted by atomic mass is 16.3. The van der Waals surface area contributed by atoms with Crippen molar-refractivity contribution in [3.8, 4) is 0 Å². The van der Waals surface area contributed by atoms with Gasteiger partial charge in [-0.15, -0.1) is 0 Å². The lowest BCUT2D eigenvalue weighted by molar-refractivity contribution is 0.0910. The van der Waals surface area contributed by atoms with E-state index in [0.717, 1.165) is 32.5 Å². The SMILES string of the molecule is CCN(CC)CCC[C@@H](C)NC(=O)c1cc(=O)c2ccccc2o1. The summed E-state index contributed by atoms with van der Waals surface area (Å²) < 4.78 is 5.56. The first-order valence-electron chi connectivity index (χ1n) is 8.61. The standard InChI is InChI=1S/C19H26N2O3/c1-4-21(5-2)12-8-9-14(3)20-19(23)18-13-16(22)15-10-6-7-11-17(15)24-18/h6-7,10-11,13-14H,4-5,8-9,12H2,1-3H3,(H,20,23)/t14-/m1/s1. The molecule has 0 radical (unpaired) electrons. The third kappa shape index (κ3) is 4.68. The van der Waals surface area contributed by atoms with Crippen LogP contribution in [-0.4, -0.2) is 36.5 Å². The van der Waals surface area contributed by atoms with Crippen LogP contribution in [0, 0.1) is 0 Å². The monoisotopic (exact) mass is 330 g/mol. The fourth-order valence-corrected chi connectivity index (χ4v) is 2.74. The Kier molecular flexibility index (Phi) is 6.55. The number of rotatable bonds is 8. The zero-order valence-corrected chi connectivity index (χ0v) is 14.7. The van der Waals surface area contributed by atoms with Crippen molar-refractivity contribution >= 4 is 16.9 Å². The topological polar surface area (TPSA) is 62.6 Å². The van der Waals surface area contributed by atoms with Gasteiger partial charge in [0.15, 0.2) is 11.2 Å². The minimum absolute atomic E-state index is 0.0323. The van der Waals surface area contributed by atoms with Gasteiger partial charge in [-0.2, -0.15) is 0 Å². The lowest BCUT2D eigenvalue weighted by Crippen LogP contribution is -2.34. The van der Waals surface area contributed by atoms with Crippen LogP contribution in [-0.2, 0) is 0 Å². The van der Waals surface area contributed by atoms with E-state index in [1.165, 1.54) is 6.07 Å². The van der Waals surface area contributed by atoms with E-state index in [9.17, 15) is 9.59 Å². The molecule has 2 rings (SSSR count). The second-order valence-electron chi connectivity index (χ2n) is 6.01. The minimum Gasteiger partial charge on any atom is -0.451 e. The molecule has 0 fully saturated rings. The van der Waals surface area contributed by atoms with E-state index in [1.54, 1.807) is 24.3 Å². The minimum atomic E-state index is -0.340. The van der Waals surface area contributed by atoms with Gasteiger partial charge in [0.2, 0.25) is 0 Å². The highest BCUT2D eigenvalue weighted by molar-refractivity contribution is 5.93. The Balaban J connectivity index is 1.96. The number of fused-ring (bicyclic) bond motifs is 1. The molecule has 1 aromatic carbocycles. The first kappa shape index (κ1) is 18.2. The predicted octanol–water partition coefficient (Wildman–Crippen LogP) is 3.03. The number of carbonyl (C=O) groups excluding carboxylic acids is 1. The largest absolute Gasteiger partial charge is 0.451 e. The van der Waals surface area contributed by atoms with E-state index in [0.29, 0.717) is 11.0 Å². The van der Waals surface area contributed by atoms with E-state index in [-0.39, 0.29) is 23.1 Å². The van der Waals surface area contributed by atoms with Gasteiger partial charge in [0.05, 0.1) is 5.39 Å². The van der Waals surface area contributed by atoms with E-state index in [1.807, 2.05) is 6.92 Å².